The molecule has 3 aromatic carbocycles. The van der Waals surface area contributed by atoms with Crippen molar-refractivity contribution in [2.24, 2.45) is 0 Å². The molecule has 0 aliphatic carbocycles. The fourth-order valence-corrected chi connectivity index (χ4v) is 6.19. The van der Waals surface area contributed by atoms with Crippen molar-refractivity contribution in [1.82, 2.24) is 14.9 Å². The summed E-state index contributed by atoms with van der Waals surface area (Å²) in [7, 11) is 0. The number of rotatable bonds is 4. The number of fused-ring (bicyclic) bond motifs is 2. The molecule has 188 valence electrons. The van der Waals surface area contributed by atoms with Gasteiger partial charge in [-0.05, 0) is 73.4 Å². The molecule has 0 amide bonds. The van der Waals surface area contributed by atoms with Crippen LogP contribution in [0.4, 0.5) is 5.69 Å². The van der Waals surface area contributed by atoms with Gasteiger partial charge in [-0.15, -0.1) is 0 Å². The van der Waals surface area contributed by atoms with Gasteiger partial charge in [0.05, 0.1) is 23.5 Å². The van der Waals surface area contributed by atoms with Crippen LogP contribution in [0.5, 0.6) is 11.5 Å². The van der Waals surface area contributed by atoms with Crippen LogP contribution in [0.25, 0.3) is 16.5 Å². The van der Waals surface area contributed by atoms with Gasteiger partial charge in [-0.25, -0.2) is 0 Å². The molecule has 0 unspecified atom stereocenters. The fourth-order valence-electron chi connectivity index (χ4n) is 5.85. The van der Waals surface area contributed by atoms with Gasteiger partial charge >= 0.3 is 0 Å². The standard InChI is InChI=1S/C31H26N4O2S/c1-19-16-24(20(2)34(19)26-12-7-9-21-8-3-4-10-23(21)26)30-29(25-11-5-6-15-32-25)33-31(38)35(30)22-13-14-27-28(17-22)37-18-36-27/h3-17,29-30H,18H2,1-2H3,(H,33,38)/t29-,30-/m0/s1. The van der Waals surface area contributed by atoms with E-state index < -0.39 is 0 Å². The molecule has 1 fully saturated rings. The Morgan fingerprint density at radius 2 is 1.71 bits per heavy atom. The highest BCUT2D eigenvalue weighted by molar-refractivity contribution is 7.80. The van der Waals surface area contributed by atoms with E-state index in [2.05, 4.69) is 83.2 Å². The van der Waals surface area contributed by atoms with Gasteiger partial charge in [-0.2, -0.15) is 0 Å². The first-order valence-electron chi connectivity index (χ1n) is 12.7. The van der Waals surface area contributed by atoms with E-state index in [0.29, 0.717) is 5.11 Å². The average molecular weight is 519 g/mol. The maximum Gasteiger partial charge on any atom is 0.231 e. The zero-order valence-corrected chi connectivity index (χ0v) is 21.9. The Hall–Kier alpha value is -4.36. The molecule has 7 rings (SSSR count). The van der Waals surface area contributed by atoms with Crippen LogP contribution in [0.3, 0.4) is 0 Å². The summed E-state index contributed by atoms with van der Waals surface area (Å²) in [5.74, 6) is 1.48. The first kappa shape index (κ1) is 22.8. The number of nitrogens with one attached hydrogen (secondary N) is 1. The summed E-state index contributed by atoms with van der Waals surface area (Å²) < 4.78 is 13.6. The monoisotopic (exact) mass is 518 g/mol. The summed E-state index contributed by atoms with van der Waals surface area (Å²) in [6, 6.07) is 29.0. The zero-order chi connectivity index (χ0) is 25.8. The second-order valence-corrected chi connectivity index (χ2v) is 10.1. The molecule has 2 aliphatic heterocycles. The van der Waals surface area contributed by atoms with Gasteiger partial charge in [-0.1, -0.05) is 42.5 Å². The van der Waals surface area contributed by atoms with Gasteiger partial charge in [0.15, 0.2) is 16.6 Å². The molecule has 2 aromatic heterocycles. The second kappa shape index (κ2) is 8.89. The molecule has 2 atom stereocenters. The van der Waals surface area contributed by atoms with E-state index in [1.54, 1.807) is 0 Å². The third kappa shape index (κ3) is 3.54. The van der Waals surface area contributed by atoms with E-state index in [1.165, 1.54) is 27.7 Å². The van der Waals surface area contributed by atoms with Crippen molar-refractivity contribution in [1.29, 1.82) is 0 Å². The van der Waals surface area contributed by atoms with E-state index in [1.807, 2.05) is 36.5 Å². The van der Waals surface area contributed by atoms with Gasteiger partial charge in [-0.3, -0.25) is 4.98 Å². The summed E-state index contributed by atoms with van der Waals surface area (Å²) in [4.78, 5) is 6.90. The van der Waals surface area contributed by atoms with Gasteiger partial charge in [0.1, 0.15) is 0 Å². The Balaban J connectivity index is 1.41. The maximum absolute atomic E-state index is 5.95. The van der Waals surface area contributed by atoms with Gasteiger partial charge in [0.2, 0.25) is 6.79 Å². The zero-order valence-electron chi connectivity index (χ0n) is 21.1. The lowest BCUT2D eigenvalue weighted by Crippen LogP contribution is -2.29. The minimum Gasteiger partial charge on any atom is -0.454 e. The molecule has 0 spiro atoms. The third-order valence-electron chi connectivity index (χ3n) is 7.53. The largest absolute Gasteiger partial charge is 0.454 e. The van der Waals surface area contributed by atoms with Crippen LogP contribution in [0.2, 0.25) is 0 Å². The van der Waals surface area contributed by atoms with Gasteiger partial charge < -0.3 is 24.3 Å². The number of thiocarbonyl (C=S) groups is 1. The maximum atomic E-state index is 5.95. The van der Waals surface area contributed by atoms with Crippen molar-refractivity contribution in [3.8, 4) is 17.2 Å². The lowest BCUT2D eigenvalue weighted by Gasteiger charge is -2.28. The number of aromatic nitrogens is 2. The second-order valence-electron chi connectivity index (χ2n) is 9.69. The minimum atomic E-state index is -0.129. The Bertz CT molecular complexity index is 1690. The number of aryl methyl sites for hydroxylation is 1. The number of nitrogens with zero attached hydrogens (tertiary/aromatic N) is 3. The predicted molar refractivity (Wildman–Crippen MR) is 153 cm³/mol. The highest BCUT2D eigenvalue weighted by Crippen LogP contribution is 2.46. The fraction of sp³-hybridized carbons (Fsp3) is 0.161. The van der Waals surface area contributed by atoms with Crippen molar-refractivity contribution in [3.63, 3.8) is 0 Å². The number of ether oxygens (including phenoxy) is 2. The van der Waals surface area contributed by atoms with Gasteiger partial charge in [0, 0.05) is 34.7 Å². The van der Waals surface area contributed by atoms with Crippen LogP contribution >= 0.6 is 12.2 Å². The predicted octanol–water partition coefficient (Wildman–Crippen LogP) is 6.55. The molecule has 5 aromatic rings. The molecule has 7 heteroatoms. The van der Waals surface area contributed by atoms with Crippen molar-refractivity contribution < 1.29 is 9.47 Å². The number of anilines is 1. The average Bonchev–Trinajstić information content (AvgIpc) is 3.63. The number of benzene rings is 3. The molecule has 0 saturated carbocycles. The normalized spacial score (nSPS) is 18.3. The topological polar surface area (TPSA) is 51.6 Å². The first-order valence-corrected chi connectivity index (χ1v) is 13.1. The molecule has 38 heavy (non-hydrogen) atoms. The Kier molecular flexibility index (Phi) is 5.33. The highest BCUT2D eigenvalue weighted by atomic mass is 32.1. The first-order chi connectivity index (χ1) is 18.6. The Morgan fingerprint density at radius 1 is 0.895 bits per heavy atom. The summed E-state index contributed by atoms with van der Waals surface area (Å²) in [5.41, 5.74) is 6.58. The van der Waals surface area contributed by atoms with E-state index in [0.717, 1.165) is 28.6 Å². The summed E-state index contributed by atoms with van der Waals surface area (Å²) in [5, 5.41) is 6.66. The summed E-state index contributed by atoms with van der Waals surface area (Å²) >= 11 is 5.95. The van der Waals surface area contributed by atoms with E-state index >= 15 is 0 Å². The van der Waals surface area contributed by atoms with Crippen LogP contribution in [0.1, 0.15) is 34.7 Å². The lowest BCUT2D eigenvalue weighted by atomic mass is 9.96. The molecule has 1 saturated heterocycles. The van der Waals surface area contributed by atoms with Crippen LogP contribution in [0, 0.1) is 13.8 Å². The van der Waals surface area contributed by atoms with Crippen molar-refractivity contribution in [3.05, 3.63) is 114 Å². The quantitative estimate of drug-likeness (QED) is 0.272. The molecule has 0 bridgehead atoms. The lowest BCUT2D eigenvalue weighted by molar-refractivity contribution is 0.174. The van der Waals surface area contributed by atoms with Crippen LogP contribution in [-0.2, 0) is 0 Å². The minimum absolute atomic E-state index is 0.118. The third-order valence-corrected chi connectivity index (χ3v) is 7.84. The number of pyridine rings is 1. The Labute approximate surface area is 226 Å². The van der Waals surface area contributed by atoms with Crippen molar-refractivity contribution in [2.45, 2.75) is 25.9 Å². The van der Waals surface area contributed by atoms with E-state index in [4.69, 9.17) is 26.7 Å². The molecule has 4 heterocycles. The van der Waals surface area contributed by atoms with E-state index in [9.17, 15) is 0 Å². The summed E-state index contributed by atoms with van der Waals surface area (Å²) in [6.45, 7) is 4.59. The van der Waals surface area contributed by atoms with Crippen molar-refractivity contribution in [2.75, 3.05) is 11.7 Å². The highest BCUT2D eigenvalue weighted by Gasteiger charge is 2.42. The molecular weight excluding hydrogens is 492 g/mol. The van der Waals surface area contributed by atoms with Crippen LogP contribution < -0.4 is 19.7 Å². The Morgan fingerprint density at radius 3 is 2.58 bits per heavy atom. The molecule has 6 nitrogen and oxygen atoms in total. The molecule has 0 radical (unpaired) electrons. The summed E-state index contributed by atoms with van der Waals surface area (Å²) in [6.07, 6.45) is 1.83. The molecule has 2 aliphatic rings. The molecular formula is C31H26N4O2S. The number of hydrogen-bond acceptors (Lipinski definition) is 4. The van der Waals surface area contributed by atoms with E-state index in [-0.39, 0.29) is 18.9 Å². The van der Waals surface area contributed by atoms with Crippen LogP contribution in [-0.4, -0.2) is 21.5 Å². The smallest absolute Gasteiger partial charge is 0.231 e. The SMILES string of the molecule is Cc1cc([C@H]2[C@H](c3ccccn3)NC(=S)N2c2ccc3c(c2)OCO3)c(C)n1-c1cccc2ccccc12. The number of hydrogen-bond donors (Lipinski definition) is 1. The van der Waals surface area contributed by atoms with Crippen molar-refractivity contribution >= 4 is 33.8 Å². The van der Waals surface area contributed by atoms with Gasteiger partial charge in [0.25, 0.3) is 0 Å². The molecule has 1 N–H and O–H groups in total. The van der Waals surface area contributed by atoms with Crippen LogP contribution in [0.15, 0.2) is 91.1 Å².